The van der Waals surface area contributed by atoms with Crippen LogP contribution in [-0.2, 0) is 20.0 Å². The molecule has 0 unspecified atom stereocenters. The molecule has 1 aromatic carbocycles. The van der Waals surface area contributed by atoms with E-state index in [0.29, 0.717) is 0 Å². The quantitative estimate of drug-likeness (QED) is 0.794. The van der Waals surface area contributed by atoms with E-state index in [-0.39, 0.29) is 0 Å². The molecule has 4 heteroatoms. The molecule has 1 N–H and O–H groups in total. The zero-order chi connectivity index (χ0) is 13.8. The Hall–Kier alpha value is -1.26. The molecule has 0 aliphatic heterocycles. The van der Waals surface area contributed by atoms with Crippen molar-refractivity contribution in [3.63, 3.8) is 0 Å². The molecule has 3 rings (SSSR count). The van der Waals surface area contributed by atoms with Gasteiger partial charge in [0, 0.05) is 42.2 Å². The van der Waals surface area contributed by atoms with Gasteiger partial charge in [0.25, 0.3) is 0 Å². The fourth-order valence-corrected chi connectivity index (χ4v) is 3.05. The van der Waals surface area contributed by atoms with Gasteiger partial charge in [0.1, 0.15) is 0 Å². The van der Waals surface area contributed by atoms with E-state index >= 15 is 0 Å². The minimum absolute atomic E-state index is 0.781. The molecule has 0 bridgehead atoms. The topological polar surface area (TPSA) is 29.9 Å². The second kappa shape index (κ2) is 6.46. The molecule has 0 saturated heterocycles. The highest BCUT2D eigenvalue weighted by Gasteiger charge is 2.19. The lowest BCUT2D eigenvalue weighted by Gasteiger charge is -2.05. The highest BCUT2D eigenvalue weighted by molar-refractivity contribution is 7.99. The summed E-state index contributed by atoms with van der Waals surface area (Å²) in [7, 11) is 2.00. The summed E-state index contributed by atoms with van der Waals surface area (Å²) in [5.74, 6) is 1.10. The molecule has 1 aliphatic rings. The van der Waals surface area contributed by atoms with Crippen molar-refractivity contribution in [3.8, 4) is 0 Å². The summed E-state index contributed by atoms with van der Waals surface area (Å²) < 4.78 is 1.95. The van der Waals surface area contributed by atoms with Crippen LogP contribution in [0.5, 0.6) is 0 Å². The van der Waals surface area contributed by atoms with Crippen LogP contribution in [0.1, 0.15) is 24.1 Å². The van der Waals surface area contributed by atoms with Gasteiger partial charge in [0.05, 0.1) is 0 Å². The molecule has 0 radical (unpaired) electrons. The van der Waals surface area contributed by atoms with Gasteiger partial charge in [-0.1, -0.05) is 12.1 Å². The first kappa shape index (κ1) is 13.7. The molecule has 1 aliphatic carbocycles. The molecular formula is C16H21N3S. The third kappa shape index (κ3) is 3.87. The number of nitrogens with zero attached hydrogens (tertiary/aromatic N) is 2. The largest absolute Gasteiger partial charge is 0.310 e. The van der Waals surface area contributed by atoms with Crippen molar-refractivity contribution in [3.05, 3.63) is 47.8 Å². The predicted molar refractivity (Wildman–Crippen MR) is 83.9 cm³/mol. The van der Waals surface area contributed by atoms with Crippen molar-refractivity contribution >= 4 is 11.8 Å². The molecular weight excluding hydrogens is 266 g/mol. The van der Waals surface area contributed by atoms with Gasteiger partial charge in [0.2, 0.25) is 0 Å². The maximum absolute atomic E-state index is 4.19. The standard InChI is InChI=1S/C16H21N3S/c1-19-15(8-10-18-19)9-11-20-16-6-2-13(3-7-16)12-17-14-4-5-14/h2-3,6-8,10,14,17H,4-5,9,11-12H2,1H3. The van der Waals surface area contributed by atoms with Gasteiger partial charge in [-0.25, -0.2) is 0 Å². The Kier molecular flexibility index (Phi) is 4.43. The van der Waals surface area contributed by atoms with Crippen molar-refractivity contribution in [2.24, 2.45) is 7.05 Å². The minimum atomic E-state index is 0.781. The first-order valence-electron chi connectivity index (χ1n) is 7.23. The van der Waals surface area contributed by atoms with Gasteiger partial charge >= 0.3 is 0 Å². The second-order valence-electron chi connectivity index (χ2n) is 5.34. The molecule has 1 heterocycles. The minimum Gasteiger partial charge on any atom is -0.310 e. The lowest BCUT2D eigenvalue weighted by Crippen LogP contribution is -2.14. The molecule has 1 saturated carbocycles. The van der Waals surface area contributed by atoms with Gasteiger partial charge in [-0.05, 0) is 43.0 Å². The third-order valence-corrected chi connectivity index (χ3v) is 4.66. The number of thioether (sulfide) groups is 1. The SMILES string of the molecule is Cn1nccc1CCSc1ccc(CNC2CC2)cc1. The predicted octanol–water partition coefficient (Wildman–Crippen LogP) is 3.01. The van der Waals surface area contributed by atoms with Crippen LogP contribution in [-0.4, -0.2) is 21.6 Å². The van der Waals surface area contributed by atoms with E-state index in [4.69, 9.17) is 0 Å². The molecule has 106 valence electrons. The Morgan fingerprint density at radius 1 is 1.25 bits per heavy atom. The lowest BCUT2D eigenvalue weighted by atomic mass is 10.2. The lowest BCUT2D eigenvalue weighted by molar-refractivity contribution is 0.687. The number of hydrogen-bond donors (Lipinski definition) is 1. The summed E-state index contributed by atoms with van der Waals surface area (Å²) in [6.07, 6.45) is 5.62. The van der Waals surface area contributed by atoms with E-state index in [9.17, 15) is 0 Å². The van der Waals surface area contributed by atoms with E-state index in [2.05, 4.69) is 40.7 Å². The zero-order valence-corrected chi connectivity index (χ0v) is 12.7. The number of aromatic nitrogens is 2. The summed E-state index contributed by atoms with van der Waals surface area (Å²) >= 11 is 1.91. The summed E-state index contributed by atoms with van der Waals surface area (Å²) in [4.78, 5) is 1.35. The zero-order valence-electron chi connectivity index (χ0n) is 11.9. The summed E-state index contributed by atoms with van der Waals surface area (Å²) in [5, 5.41) is 7.74. The monoisotopic (exact) mass is 287 g/mol. The number of hydrogen-bond acceptors (Lipinski definition) is 3. The number of rotatable bonds is 7. The Bertz CT molecular complexity index is 543. The van der Waals surface area contributed by atoms with Crippen LogP contribution >= 0.6 is 11.8 Å². The van der Waals surface area contributed by atoms with Gasteiger partial charge in [0.15, 0.2) is 0 Å². The first-order valence-corrected chi connectivity index (χ1v) is 8.22. The highest BCUT2D eigenvalue weighted by atomic mass is 32.2. The normalized spacial score (nSPS) is 14.7. The number of aryl methyl sites for hydroxylation is 2. The van der Waals surface area contributed by atoms with Gasteiger partial charge in [-0.15, -0.1) is 11.8 Å². The Morgan fingerprint density at radius 3 is 2.70 bits per heavy atom. The molecule has 20 heavy (non-hydrogen) atoms. The Balaban J connectivity index is 1.44. The fourth-order valence-electron chi connectivity index (χ4n) is 2.17. The number of nitrogens with one attached hydrogen (secondary N) is 1. The first-order chi connectivity index (χ1) is 9.81. The van der Waals surface area contributed by atoms with Crippen LogP contribution in [0.4, 0.5) is 0 Å². The van der Waals surface area contributed by atoms with E-state index in [1.807, 2.05) is 29.7 Å². The van der Waals surface area contributed by atoms with E-state index in [1.165, 1.54) is 29.0 Å². The van der Waals surface area contributed by atoms with Crippen LogP contribution < -0.4 is 5.32 Å². The molecule has 3 nitrogen and oxygen atoms in total. The van der Waals surface area contributed by atoms with Gasteiger partial charge < -0.3 is 5.32 Å². The van der Waals surface area contributed by atoms with Crippen molar-refractivity contribution in [2.75, 3.05) is 5.75 Å². The molecule has 2 aromatic rings. The van der Waals surface area contributed by atoms with Crippen LogP contribution in [0.3, 0.4) is 0 Å². The Morgan fingerprint density at radius 2 is 2.05 bits per heavy atom. The molecule has 0 atom stereocenters. The van der Waals surface area contributed by atoms with Crippen molar-refractivity contribution in [1.29, 1.82) is 0 Å². The van der Waals surface area contributed by atoms with Crippen molar-refractivity contribution < 1.29 is 0 Å². The number of benzene rings is 1. The van der Waals surface area contributed by atoms with Crippen LogP contribution in [0, 0.1) is 0 Å². The Labute approximate surface area is 124 Å². The fraction of sp³-hybridized carbons (Fsp3) is 0.438. The highest BCUT2D eigenvalue weighted by Crippen LogP contribution is 2.21. The maximum Gasteiger partial charge on any atom is 0.0492 e. The van der Waals surface area contributed by atoms with E-state index < -0.39 is 0 Å². The summed E-state index contributed by atoms with van der Waals surface area (Å²) in [5.41, 5.74) is 2.68. The second-order valence-corrected chi connectivity index (χ2v) is 6.51. The summed E-state index contributed by atoms with van der Waals surface area (Å²) in [6.45, 7) is 1.00. The smallest absolute Gasteiger partial charge is 0.0492 e. The average Bonchev–Trinajstić information content (AvgIpc) is 3.21. The molecule has 0 amide bonds. The van der Waals surface area contributed by atoms with Crippen molar-refractivity contribution in [1.82, 2.24) is 15.1 Å². The maximum atomic E-state index is 4.19. The van der Waals surface area contributed by atoms with Gasteiger partial charge in [-0.2, -0.15) is 5.10 Å². The van der Waals surface area contributed by atoms with Crippen molar-refractivity contribution in [2.45, 2.75) is 36.7 Å². The summed E-state index contributed by atoms with van der Waals surface area (Å²) in [6, 6.07) is 11.8. The van der Waals surface area contributed by atoms with E-state index in [0.717, 1.165) is 24.8 Å². The third-order valence-electron chi connectivity index (χ3n) is 3.64. The molecule has 1 fully saturated rings. The average molecular weight is 287 g/mol. The van der Waals surface area contributed by atoms with Crippen LogP contribution in [0.15, 0.2) is 41.4 Å². The molecule has 0 spiro atoms. The van der Waals surface area contributed by atoms with Gasteiger partial charge in [-0.3, -0.25) is 4.68 Å². The van der Waals surface area contributed by atoms with Crippen LogP contribution in [0.25, 0.3) is 0 Å². The van der Waals surface area contributed by atoms with Crippen LogP contribution in [0.2, 0.25) is 0 Å². The van der Waals surface area contributed by atoms with E-state index in [1.54, 1.807) is 0 Å². The molecule has 1 aromatic heterocycles.